The van der Waals surface area contributed by atoms with Crippen molar-refractivity contribution in [2.75, 3.05) is 5.32 Å². The highest BCUT2D eigenvalue weighted by Gasteiger charge is 2.41. The first-order valence-corrected chi connectivity index (χ1v) is 10.5. The zero-order valence-electron chi connectivity index (χ0n) is 17.2. The van der Waals surface area contributed by atoms with Crippen LogP contribution >= 0.6 is 0 Å². The highest BCUT2D eigenvalue weighted by atomic mass is 16.2. The molecule has 0 saturated heterocycles. The van der Waals surface area contributed by atoms with Gasteiger partial charge in [0.1, 0.15) is 5.41 Å². The molecule has 0 heterocycles. The molecule has 1 atom stereocenters. The maximum atomic E-state index is 13.6. The number of rotatable bonds is 3. The van der Waals surface area contributed by atoms with Crippen molar-refractivity contribution in [3.8, 4) is 11.8 Å². The van der Waals surface area contributed by atoms with Gasteiger partial charge >= 0.3 is 0 Å². The number of benzene rings is 3. The summed E-state index contributed by atoms with van der Waals surface area (Å²) >= 11 is 0. The van der Waals surface area contributed by atoms with Crippen LogP contribution in [0.1, 0.15) is 43.7 Å². The Morgan fingerprint density at radius 1 is 0.966 bits per heavy atom. The third kappa shape index (κ3) is 3.91. The fourth-order valence-corrected chi connectivity index (χ4v) is 4.34. The van der Waals surface area contributed by atoms with Crippen LogP contribution in [0, 0.1) is 30.1 Å². The molecule has 1 N–H and O–H groups in total. The van der Waals surface area contributed by atoms with E-state index >= 15 is 0 Å². The number of anilines is 1. The number of carbonyl (C=O) groups excluding carboxylic acids is 1. The molecule has 2 heteroatoms. The number of amides is 1. The predicted molar refractivity (Wildman–Crippen MR) is 121 cm³/mol. The molecular formula is C27H27NO. The van der Waals surface area contributed by atoms with Gasteiger partial charge in [0, 0.05) is 16.6 Å². The Morgan fingerprint density at radius 2 is 1.66 bits per heavy atom. The maximum absolute atomic E-state index is 13.6. The topological polar surface area (TPSA) is 29.1 Å². The average molecular weight is 382 g/mol. The zero-order chi connectivity index (χ0) is 20.3. The van der Waals surface area contributed by atoms with Gasteiger partial charge in [-0.3, -0.25) is 4.79 Å². The van der Waals surface area contributed by atoms with E-state index in [1.807, 2.05) is 49.4 Å². The molecule has 1 fully saturated rings. The van der Waals surface area contributed by atoms with Crippen molar-refractivity contribution < 1.29 is 4.79 Å². The van der Waals surface area contributed by atoms with E-state index in [0.29, 0.717) is 0 Å². The smallest absolute Gasteiger partial charge is 0.242 e. The molecule has 0 radical (unpaired) electrons. The van der Waals surface area contributed by atoms with Crippen molar-refractivity contribution >= 4 is 22.4 Å². The Morgan fingerprint density at radius 3 is 2.45 bits per heavy atom. The molecule has 0 aliphatic heterocycles. The number of carbonyl (C=O) groups is 1. The van der Waals surface area contributed by atoms with Gasteiger partial charge < -0.3 is 5.32 Å². The highest BCUT2D eigenvalue weighted by molar-refractivity contribution is 6.05. The maximum Gasteiger partial charge on any atom is 0.242 e. The van der Waals surface area contributed by atoms with Crippen molar-refractivity contribution in [2.45, 2.75) is 39.5 Å². The standard InChI is InChI=1S/C27H27NO/c1-20-10-3-4-11-21(20)18-19-27(2,23-14-6-7-15-23)26(29)28-25-17-9-13-22-12-5-8-16-24(22)25/h3-5,8-13,16-17,23H,6-7,14-15H2,1-2H3,(H,28,29)/t27-/m1/s1. The van der Waals surface area contributed by atoms with Crippen LogP contribution in [0.15, 0.2) is 66.7 Å². The molecule has 0 aromatic heterocycles. The molecule has 146 valence electrons. The van der Waals surface area contributed by atoms with Crippen molar-refractivity contribution in [3.63, 3.8) is 0 Å². The highest BCUT2D eigenvalue weighted by Crippen LogP contribution is 2.41. The molecule has 1 aliphatic carbocycles. The zero-order valence-corrected chi connectivity index (χ0v) is 17.2. The van der Waals surface area contributed by atoms with Crippen molar-refractivity contribution in [1.29, 1.82) is 0 Å². The number of aryl methyl sites for hydroxylation is 1. The van der Waals surface area contributed by atoms with Crippen LogP contribution in [0.2, 0.25) is 0 Å². The van der Waals surface area contributed by atoms with Crippen LogP contribution < -0.4 is 5.32 Å². The molecule has 1 saturated carbocycles. The molecule has 1 aliphatic rings. The summed E-state index contributed by atoms with van der Waals surface area (Å²) in [5, 5.41) is 5.40. The lowest BCUT2D eigenvalue weighted by Gasteiger charge is -2.29. The van der Waals surface area contributed by atoms with Gasteiger partial charge in [0.2, 0.25) is 5.91 Å². The van der Waals surface area contributed by atoms with Gasteiger partial charge in [-0.1, -0.05) is 79.3 Å². The normalized spacial score (nSPS) is 16.1. The fraction of sp³-hybridized carbons (Fsp3) is 0.296. The Labute approximate surface area is 173 Å². The number of hydrogen-bond acceptors (Lipinski definition) is 1. The van der Waals surface area contributed by atoms with Gasteiger partial charge in [0.25, 0.3) is 0 Å². The van der Waals surface area contributed by atoms with Crippen LogP contribution in [0.4, 0.5) is 5.69 Å². The molecular weight excluding hydrogens is 354 g/mol. The SMILES string of the molecule is Cc1ccccc1C#C[C@@](C)(C(=O)Nc1cccc2ccccc12)C1CCCC1. The first kappa shape index (κ1) is 19.3. The molecule has 0 spiro atoms. The minimum Gasteiger partial charge on any atom is -0.324 e. The van der Waals surface area contributed by atoms with Crippen molar-refractivity contribution in [2.24, 2.45) is 11.3 Å². The molecule has 29 heavy (non-hydrogen) atoms. The third-order valence-electron chi connectivity index (χ3n) is 6.28. The van der Waals surface area contributed by atoms with E-state index in [4.69, 9.17) is 0 Å². The van der Waals surface area contributed by atoms with Gasteiger partial charge in [0.15, 0.2) is 0 Å². The largest absolute Gasteiger partial charge is 0.324 e. The first-order valence-electron chi connectivity index (χ1n) is 10.5. The van der Waals surface area contributed by atoms with E-state index < -0.39 is 5.41 Å². The Balaban J connectivity index is 1.70. The predicted octanol–water partition coefficient (Wildman–Crippen LogP) is 6.33. The lowest BCUT2D eigenvalue weighted by atomic mass is 9.75. The lowest BCUT2D eigenvalue weighted by molar-refractivity contribution is -0.124. The van der Waals surface area contributed by atoms with Gasteiger partial charge in [-0.05, 0) is 55.7 Å². The third-order valence-corrected chi connectivity index (χ3v) is 6.28. The second-order valence-corrected chi connectivity index (χ2v) is 8.23. The van der Waals surface area contributed by atoms with E-state index in [2.05, 4.69) is 48.3 Å². The minimum atomic E-state index is -0.713. The molecule has 0 unspecified atom stereocenters. The summed E-state index contributed by atoms with van der Waals surface area (Å²) < 4.78 is 0. The van der Waals surface area contributed by atoms with E-state index in [9.17, 15) is 4.79 Å². The molecule has 4 rings (SSSR count). The van der Waals surface area contributed by atoms with Gasteiger partial charge in [-0.25, -0.2) is 0 Å². The number of nitrogens with one attached hydrogen (secondary N) is 1. The lowest BCUT2D eigenvalue weighted by Crippen LogP contribution is -2.38. The van der Waals surface area contributed by atoms with Crippen LogP contribution in [-0.2, 0) is 4.79 Å². The average Bonchev–Trinajstić information content (AvgIpc) is 3.29. The van der Waals surface area contributed by atoms with Gasteiger partial charge in [-0.15, -0.1) is 0 Å². The number of hydrogen-bond donors (Lipinski definition) is 1. The van der Waals surface area contributed by atoms with Crippen LogP contribution in [0.25, 0.3) is 10.8 Å². The van der Waals surface area contributed by atoms with E-state index in [0.717, 1.165) is 40.4 Å². The van der Waals surface area contributed by atoms with Crippen molar-refractivity contribution in [3.05, 3.63) is 77.9 Å². The minimum absolute atomic E-state index is 0.00170. The summed E-state index contributed by atoms with van der Waals surface area (Å²) in [6.07, 6.45) is 4.46. The molecule has 3 aromatic carbocycles. The first-order chi connectivity index (χ1) is 14.1. The Bertz CT molecular complexity index is 1090. The monoisotopic (exact) mass is 381 g/mol. The van der Waals surface area contributed by atoms with Gasteiger partial charge in [0.05, 0.1) is 0 Å². The summed E-state index contributed by atoms with van der Waals surface area (Å²) in [7, 11) is 0. The summed E-state index contributed by atoms with van der Waals surface area (Å²) in [6.45, 7) is 4.09. The molecule has 3 aromatic rings. The Kier molecular flexibility index (Phi) is 5.41. The molecule has 2 nitrogen and oxygen atoms in total. The summed E-state index contributed by atoms with van der Waals surface area (Å²) in [5.74, 6) is 7.01. The van der Waals surface area contributed by atoms with E-state index in [1.165, 1.54) is 12.8 Å². The quantitative estimate of drug-likeness (QED) is 0.527. The molecule has 1 amide bonds. The second kappa shape index (κ2) is 8.13. The second-order valence-electron chi connectivity index (χ2n) is 8.23. The van der Waals surface area contributed by atoms with E-state index in [1.54, 1.807) is 0 Å². The molecule has 0 bridgehead atoms. The van der Waals surface area contributed by atoms with Crippen LogP contribution in [0.5, 0.6) is 0 Å². The van der Waals surface area contributed by atoms with Crippen LogP contribution in [-0.4, -0.2) is 5.91 Å². The summed E-state index contributed by atoms with van der Waals surface area (Å²) in [6, 6.07) is 22.3. The summed E-state index contributed by atoms with van der Waals surface area (Å²) in [5.41, 5.74) is 2.28. The van der Waals surface area contributed by atoms with E-state index in [-0.39, 0.29) is 11.8 Å². The summed E-state index contributed by atoms with van der Waals surface area (Å²) in [4.78, 5) is 13.6. The van der Waals surface area contributed by atoms with Crippen LogP contribution in [0.3, 0.4) is 0 Å². The van der Waals surface area contributed by atoms with Gasteiger partial charge in [-0.2, -0.15) is 0 Å². The number of fused-ring (bicyclic) bond motifs is 1. The fourth-order valence-electron chi connectivity index (χ4n) is 4.34. The van der Waals surface area contributed by atoms with Crippen molar-refractivity contribution in [1.82, 2.24) is 0 Å². The Hall–Kier alpha value is -3.05.